The van der Waals surface area contributed by atoms with E-state index in [1.54, 1.807) is 13.1 Å². The van der Waals surface area contributed by atoms with Crippen molar-refractivity contribution in [1.29, 1.82) is 5.26 Å². The summed E-state index contributed by atoms with van der Waals surface area (Å²) in [7, 11) is 0.727. The van der Waals surface area contributed by atoms with Gasteiger partial charge in [-0.1, -0.05) is 30.8 Å². The number of hydrogen-bond acceptors (Lipinski definition) is 3. The fourth-order valence-corrected chi connectivity index (χ4v) is 4.95. The van der Waals surface area contributed by atoms with Gasteiger partial charge in [0.1, 0.15) is 4.75 Å². The van der Waals surface area contributed by atoms with Crippen LogP contribution in [0.4, 0.5) is 0 Å². The molecular weight excluding hydrogens is 276 g/mol. The molecule has 2 rings (SSSR count). The van der Waals surface area contributed by atoms with E-state index < -0.39 is 15.5 Å². The maximum atomic E-state index is 12.6. The van der Waals surface area contributed by atoms with Crippen LogP contribution in [0.15, 0.2) is 24.3 Å². The molecule has 1 fully saturated rings. The Hall–Kier alpha value is -1.25. The van der Waals surface area contributed by atoms with E-state index in [-0.39, 0.29) is 0 Å². The number of hydrogen-bond donors (Lipinski definition) is 1. The summed E-state index contributed by atoms with van der Waals surface area (Å²) in [5.74, 6) is 0.665. The first-order valence-corrected chi connectivity index (χ1v) is 7.99. The van der Waals surface area contributed by atoms with Crippen LogP contribution in [0.3, 0.4) is 0 Å². The van der Waals surface area contributed by atoms with Crippen molar-refractivity contribution in [1.82, 2.24) is 5.32 Å². The highest BCUT2D eigenvalue weighted by molar-refractivity contribution is 7.90. The SMILES string of the molecule is CNC(=S)[C@@]1(c2cccc(C#N)c2)CCCC[S@]1=O. The van der Waals surface area contributed by atoms with Crippen LogP contribution in [0.5, 0.6) is 0 Å². The largest absolute Gasteiger partial charge is 0.381 e. The van der Waals surface area contributed by atoms with Crippen LogP contribution in [-0.4, -0.2) is 22.0 Å². The van der Waals surface area contributed by atoms with Crippen LogP contribution >= 0.6 is 12.2 Å². The fraction of sp³-hybridized carbons (Fsp3) is 0.429. The molecule has 0 aliphatic carbocycles. The molecule has 0 unspecified atom stereocenters. The smallest absolute Gasteiger partial charge is 0.121 e. The number of nitrogens with one attached hydrogen (secondary N) is 1. The number of benzene rings is 1. The normalized spacial score (nSPS) is 26.4. The second-order valence-electron chi connectivity index (χ2n) is 4.61. The molecule has 1 N–H and O–H groups in total. The van der Waals surface area contributed by atoms with Gasteiger partial charge >= 0.3 is 0 Å². The van der Waals surface area contributed by atoms with Gasteiger partial charge in [0.05, 0.1) is 16.6 Å². The minimum atomic E-state index is -1.04. The summed E-state index contributed by atoms with van der Waals surface area (Å²) in [6.07, 6.45) is 2.75. The van der Waals surface area contributed by atoms with Crippen molar-refractivity contribution in [2.75, 3.05) is 12.8 Å². The maximum absolute atomic E-state index is 12.6. The minimum absolute atomic E-state index is 0.582. The van der Waals surface area contributed by atoms with Crippen molar-refractivity contribution in [3.63, 3.8) is 0 Å². The molecule has 0 spiro atoms. The summed E-state index contributed by atoms with van der Waals surface area (Å²) >= 11 is 5.44. The standard InChI is InChI=1S/C14H16N2OS2/c1-16-13(18)14(7-2-3-8-19(14)17)12-6-4-5-11(9-12)10-15/h4-6,9H,2-3,7-8H2,1H3,(H,16,18)/t14-,19+/m0/s1. The van der Waals surface area contributed by atoms with Gasteiger partial charge in [-0.25, -0.2) is 0 Å². The molecule has 0 bridgehead atoms. The lowest BCUT2D eigenvalue weighted by Crippen LogP contribution is -2.47. The van der Waals surface area contributed by atoms with Crippen LogP contribution in [0, 0.1) is 11.3 Å². The number of nitrogens with zero attached hydrogens (tertiary/aromatic N) is 1. The summed E-state index contributed by atoms with van der Waals surface area (Å²) in [4.78, 5) is 0.612. The highest BCUT2D eigenvalue weighted by atomic mass is 32.2. The fourth-order valence-electron chi connectivity index (χ4n) is 2.56. The number of likely N-dealkylation sites (N-methyl/N-ethyl adjacent to an activating group) is 1. The van der Waals surface area contributed by atoms with Crippen molar-refractivity contribution >= 4 is 28.0 Å². The molecule has 3 nitrogen and oxygen atoms in total. The Morgan fingerprint density at radius 2 is 2.32 bits per heavy atom. The topological polar surface area (TPSA) is 52.9 Å². The first kappa shape index (κ1) is 14.2. The molecular formula is C14H16N2OS2. The number of nitriles is 1. The molecule has 0 saturated carbocycles. The van der Waals surface area contributed by atoms with Gasteiger partial charge in [0, 0.05) is 23.6 Å². The van der Waals surface area contributed by atoms with Gasteiger partial charge in [-0.05, 0) is 30.5 Å². The Labute approximate surface area is 121 Å². The van der Waals surface area contributed by atoms with Crippen LogP contribution in [0.1, 0.15) is 30.4 Å². The van der Waals surface area contributed by atoms with Crippen molar-refractivity contribution in [2.24, 2.45) is 0 Å². The predicted molar refractivity (Wildman–Crippen MR) is 81.4 cm³/mol. The molecule has 2 atom stereocenters. The number of thiocarbonyl (C=S) groups is 1. The molecule has 1 heterocycles. The zero-order chi connectivity index (χ0) is 13.9. The highest BCUT2D eigenvalue weighted by Gasteiger charge is 2.44. The Morgan fingerprint density at radius 3 is 2.95 bits per heavy atom. The van der Waals surface area contributed by atoms with E-state index in [4.69, 9.17) is 17.5 Å². The molecule has 5 heteroatoms. The van der Waals surface area contributed by atoms with Crippen molar-refractivity contribution in [3.8, 4) is 6.07 Å². The first-order chi connectivity index (χ1) is 9.15. The monoisotopic (exact) mass is 292 g/mol. The third-order valence-corrected chi connectivity index (χ3v) is 6.31. The molecule has 0 aromatic heterocycles. The zero-order valence-electron chi connectivity index (χ0n) is 10.8. The maximum Gasteiger partial charge on any atom is 0.121 e. The molecule has 1 aliphatic heterocycles. The van der Waals surface area contributed by atoms with E-state index in [1.807, 2.05) is 18.2 Å². The van der Waals surface area contributed by atoms with Gasteiger partial charge in [0.15, 0.2) is 0 Å². The van der Waals surface area contributed by atoms with Crippen LogP contribution in [-0.2, 0) is 15.5 Å². The molecule has 19 heavy (non-hydrogen) atoms. The quantitative estimate of drug-likeness (QED) is 0.849. The van der Waals surface area contributed by atoms with Crippen molar-refractivity contribution in [2.45, 2.75) is 24.0 Å². The average molecular weight is 292 g/mol. The molecule has 0 radical (unpaired) electrons. The van der Waals surface area contributed by atoms with E-state index >= 15 is 0 Å². The summed E-state index contributed by atoms with van der Waals surface area (Å²) in [6.45, 7) is 0. The van der Waals surface area contributed by atoms with Crippen molar-refractivity contribution in [3.05, 3.63) is 35.4 Å². The van der Waals surface area contributed by atoms with E-state index in [1.165, 1.54) is 0 Å². The lowest BCUT2D eigenvalue weighted by molar-refractivity contribution is 0.574. The van der Waals surface area contributed by atoms with E-state index in [9.17, 15) is 4.21 Å². The predicted octanol–water partition coefficient (Wildman–Crippen LogP) is 2.23. The van der Waals surface area contributed by atoms with E-state index in [0.29, 0.717) is 16.3 Å². The molecule has 0 amide bonds. The third-order valence-electron chi connectivity index (χ3n) is 3.55. The minimum Gasteiger partial charge on any atom is -0.381 e. The van der Waals surface area contributed by atoms with Gasteiger partial charge in [-0.3, -0.25) is 4.21 Å². The lowest BCUT2D eigenvalue weighted by atomic mass is 9.90. The van der Waals surface area contributed by atoms with E-state index in [0.717, 1.165) is 24.8 Å². The second-order valence-corrected chi connectivity index (χ2v) is 6.81. The zero-order valence-corrected chi connectivity index (χ0v) is 12.4. The molecule has 100 valence electrons. The Kier molecular flexibility index (Phi) is 4.33. The van der Waals surface area contributed by atoms with Crippen LogP contribution < -0.4 is 5.32 Å². The molecule has 1 aromatic rings. The highest BCUT2D eigenvalue weighted by Crippen LogP contribution is 2.39. The summed E-state index contributed by atoms with van der Waals surface area (Å²) in [6, 6.07) is 9.46. The second kappa shape index (κ2) is 5.81. The van der Waals surface area contributed by atoms with Gasteiger partial charge in [0.25, 0.3) is 0 Å². The summed E-state index contributed by atoms with van der Waals surface area (Å²) in [5, 5.41) is 12.0. The van der Waals surface area contributed by atoms with Crippen LogP contribution in [0.25, 0.3) is 0 Å². The first-order valence-electron chi connectivity index (χ1n) is 6.26. The summed E-state index contributed by atoms with van der Waals surface area (Å²) < 4.78 is 12.0. The molecule has 1 aliphatic rings. The van der Waals surface area contributed by atoms with Crippen LogP contribution in [0.2, 0.25) is 0 Å². The average Bonchev–Trinajstić information content (AvgIpc) is 2.47. The Balaban J connectivity index is 2.57. The van der Waals surface area contributed by atoms with Gasteiger partial charge in [0.2, 0.25) is 0 Å². The third kappa shape index (κ3) is 2.43. The van der Waals surface area contributed by atoms with Gasteiger partial charge < -0.3 is 5.32 Å². The molecule has 1 saturated heterocycles. The Morgan fingerprint density at radius 1 is 1.53 bits per heavy atom. The lowest BCUT2D eigenvalue weighted by Gasteiger charge is -2.37. The number of rotatable bonds is 2. The Bertz CT molecular complexity index is 555. The van der Waals surface area contributed by atoms with E-state index in [2.05, 4.69) is 11.4 Å². The molecule has 1 aromatic carbocycles. The van der Waals surface area contributed by atoms with Gasteiger partial charge in [-0.15, -0.1) is 0 Å². The van der Waals surface area contributed by atoms with Gasteiger partial charge in [-0.2, -0.15) is 5.26 Å². The van der Waals surface area contributed by atoms with Crippen molar-refractivity contribution < 1.29 is 4.21 Å². The summed E-state index contributed by atoms with van der Waals surface area (Å²) in [5.41, 5.74) is 1.47.